The molecule has 3 nitrogen and oxygen atoms in total. The third-order valence-corrected chi connectivity index (χ3v) is 6.23. The molecule has 0 bridgehead atoms. The maximum Gasteiger partial charge on any atom is 0.233 e. The number of amides is 2. The second-order valence-corrected chi connectivity index (χ2v) is 9.09. The lowest BCUT2D eigenvalue weighted by molar-refractivity contribution is -0.147. The second-order valence-electron chi connectivity index (χ2n) is 9.09. The van der Waals surface area contributed by atoms with E-state index in [9.17, 15) is 9.59 Å². The van der Waals surface area contributed by atoms with Crippen LogP contribution in [0.4, 0.5) is 0 Å². The molecule has 1 heterocycles. The van der Waals surface area contributed by atoms with E-state index in [0.717, 1.165) is 19.3 Å². The zero-order valence-electron chi connectivity index (χ0n) is 17.1. The van der Waals surface area contributed by atoms with Crippen LogP contribution < -0.4 is 0 Å². The Bertz CT molecular complexity index is 439. The van der Waals surface area contributed by atoms with E-state index in [1.165, 1.54) is 25.7 Å². The van der Waals surface area contributed by atoms with Crippen molar-refractivity contribution in [2.75, 3.05) is 0 Å². The van der Waals surface area contributed by atoms with Crippen molar-refractivity contribution in [1.82, 2.24) is 4.90 Å². The molecular formula is C20H38BNO2. The van der Waals surface area contributed by atoms with Gasteiger partial charge in [0.05, 0.1) is 5.92 Å². The zero-order chi connectivity index (χ0) is 18.5. The molecule has 0 aromatic carbocycles. The molecule has 0 spiro atoms. The predicted molar refractivity (Wildman–Crippen MR) is 104 cm³/mol. The number of rotatable bonds is 10. The van der Waals surface area contributed by atoms with Gasteiger partial charge in [0.2, 0.25) is 11.8 Å². The van der Waals surface area contributed by atoms with E-state index >= 15 is 0 Å². The van der Waals surface area contributed by atoms with Crippen molar-refractivity contribution in [2.45, 2.75) is 104 Å². The van der Waals surface area contributed by atoms with Gasteiger partial charge in [0.15, 0.2) is 0 Å². The number of nitrogens with zero attached hydrogens (tertiary/aromatic N) is 1. The maximum atomic E-state index is 13.1. The summed E-state index contributed by atoms with van der Waals surface area (Å²) in [6.45, 7) is 12.7. The standard InChI is InChI=1S/C20H38BNO2/c1-7-9-10-11-13-15(12-8-2)16-14-17(23)22(18(16)24)20(5,6)19(3,4)21/h15-16H,7-14,21H2,1-6H3. The van der Waals surface area contributed by atoms with E-state index in [0.29, 0.717) is 12.3 Å². The van der Waals surface area contributed by atoms with Gasteiger partial charge in [-0.05, 0) is 37.9 Å². The average molecular weight is 335 g/mol. The highest BCUT2D eigenvalue weighted by molar-refractivity contribution is 6.16. The Morgan fingerprint density at radius 3 is 2.17 bits per heavy atom. The van der Waals surface area contributed by atoms with Crippen LogP contribution >= 0.6 is 0 Å². The van der Waals surface area contributed by atoms with Crippen molar-refractivity contribution in [2.24, 2.45) is 11.8 Å². The molecule has 1 fully saturated rings. The summed E-state index contributed by atoms with van der Waals surface area (Å²) in [7, 11) is 2.11. The maximum absolute atomic E-state index is 13.1. The van der Waals surface area contributed by atoms with E-state index in [4.69, 9.17) is 0 Å². The van der Waals surface area contributed by atoms with Gasteiger partial charge in [0.1, 0.15) is 7.85 Å². The van der Waals surface area contributed by atoms with Gasteiger partial charge in [-0.15, -0.1) is 0 Å². The van der Waals surface area contributed by atoms with Crippen LogP contribution in [0.2, 0.25) is 5.31 Å². The minimum Gasteiger partial charge on any atom is -0.277 e. The summed E-state index contributed by atoms with van der Waals surface area (Å²) in [5, 5.41) is -0.130. The van der Waals surface area contributed by atoms with Gasteiger partial charge in [0, 0.05) is 12.0 Å². The van der Waals surface area contributed by atoms with Crippen molar-refractivity contribution in [3.05, 3.63) is 0 Å². The molecule has 2 amide bonds. The summed E-state index contributed by atoms with van der Waals surface area (Å²) in [4.78, 5) is 27.4. The predicted octanol–water partition coefficient (Wildman–Crippen LogP) is 4.36. The summed E-state index contributed by atoms with van der Waals surface area (Å²) < 4.78 is 0. The van der Waals surface area contributed by atoms with Gasteiger partial charge >= 0.3 is 0 Å². The van der Waals surface area contributed by atoms with E-state index in [-0.39, 0.29) is 23.0 Å². The Balaban J connectivity index is 2.89. The molecule has 0 N–H and O–H groups in total. The quantitative estimate of drug-likeness (QED) is 0.338. The summed E-state index contributed by atoms with van der Waals surface area (Å²) >= 11 is 0. The van der Waals surface area contributed by atoms with Crippen LogP contribution in [-0.4, -0.2) is 30.1 Å². The first kappa shape index (κ1) is 21.2. The molecule has 0 aromatic heterocycles. The van der Waals surface area contributed by atoms with Crippen LogP contribution in [-0.2, 0) is 9.59 Å². The molecule has 0 radical (unpaired) electrons. The molecule has 1 rings (SSSR count). The highest BCUT2D eigenvalue weighted by Gasteiger charge is 2.51. The number of likely N-dealkylation sites (tertiary alicyclic amines) is 1. The lowest BCUT2D eigenvalue weighted by Crippen LogP contribution is -2.54. The Morgan fingerprint density at radius 1 is 1.04 bits per heavy atom. The van der Waals surface area contributed by atoms with Crippen LogP contribution in [0.15, 0.2) is 0 Å². The third-order valence-electron chi connectivity index (χ3n) is 6.23. The normalized spacial score (nSPS) is 20.8. The van der Waals surface area contributed by atoms with Crippen LogP contribution in [0.1, 0.15) is 92.9 Å². The molecule has 0 aromatic rings. The van der Waals surface area contributed by atoms with Gasteiger partial charge < -0.3 is 0 Å². The molecule has 4 heteroatoms. The molecule has 0 aliphatic carbocycles. The summed E-state index contributed by atoms with van der Waals surface area (Å²) in [6, 6.07) is 0. The van der Waals surface area contributed by atoms with Gasteiger partial charge in [-0.1, -0.05) is 59.8 Å². The topological polar surface area (TPSA) is 37.4 Å². The molecule has 24 heavy (non-hydrogen) atoms. The fourth-order valence-electron chi connectivity index (χ4n) is 3.70. The van der Waals surface area contributed by atoms with Crippen LogP contribution in [0.5, 0.6) is 0 Å². The van der Waals surface area contributed by atoms with E-state index in [1.807, 2.05) is 13.8 Å². The Morgan fingerprint density at radius 2 is 1.67 bits per heavy atom. The Labute approximate surface area is 150 Å². The number of carbonyl (C=O) groups is 2. The molecule has 2 atom stereocenters. The van der Waals surface area contributed by atoms with Crippen molar-refractivity contribution >= 4 is 19.7 Å². The lowest BCUT2D eigenvalue weighted by atomic mass is 9.59. The fourth-order valence-corrected chi connectivity index (χ4v) is 3.70. The van der Waals surface area contributed by atoms with Crippen LogP contribution in [0.3, 0.4) is 0 Å². The molecule has 138 valence electrons. The van der Waals surface area contributed by atoms with Gasteiger partial charge in [-0.3, -0.25) is 14.5 Å². The molecule has 1 aliphatic rings. The monoisotopic (exact) mass is 335 g/mol. The summed E-state index contributed by atoms with van der Waals surface area (Å²) in [5.74, 6) is 0.373. The summed E-state index contributed by atoms with van der Waals surface area (Å²) in [5.41, 5.74) is -0.450. The van der Waals surface area contributed by atoms with E-state index < -0.39 is 5.54 Å². The first-order valence-electron chi connectivity index (χ1n) is 9.94. The molecule has 1 saturated heterocycles. The SMILES string of the molecule is BC(C)(C)C(C)(C)N1C(=O)CC(C(CCC)CCCCCC)C1=O. The first-order chi connectivity index (χ1) is 11.1. The van der Waals surface area contributed by atoms with Gasteiger partial charge in [-0.25, -0.2) is 0 Å². The van der Waals surface area contributed by atoms with Crippen molar-refractivity contribution < 1.29 is 9.59 Å². The molecular weight excluding hydrogens is 297 g/mol. The van der Waals surface area contributed by atoms with Crippen molar-refractivity contribution in [1.29, 1.82) is 0 Å². The van der Waals surface area contributed by atoms with E-state index in [1.54, 1.807) is 4.90 Å². The molecule has 2 unspecified atom stereocenters. The minimum absolute atomic E-state index is 0.0274. The van der Waals surface area contributed by atoms with Crippen molar-refractivity contribution in [3.8, 4) is 0 Å². The zero-order valence-corrected chi connectivity index (χ0v) is 17.1. The first-order valence-corrected chi connectivity index (χ1v) is 9.94. The van der Waals surface area contributed by atoms with Gasteiger partial charge in [0.25, 0.3) is 0 Å². The Kier molecular flexibility index (Phi) is 7.56. The second kappa shape index (κ2) is 8.53. The number of carbonyl (C=O) groups excluding carboxylic acids is 2. The number of imide groups is 1. The third kappa shape index (κ3) is 4.64. The number of hydrogen-bond acceptors (Lipinski definition) is 2. The van der Waals surface area contributed by atoms with Gasteiger partial charge in [-0.2, -0.15) is 0 Å². The van der Waals surface area contributed by atoms with E-state index in [2.05, 4.69) is 35.5 Å². The average Bonchev–Trinajstić information content (AvgIpc) is 2.76. The lowest BCUT2D eigenvalue weighted by Gasteiger charge is -2.45. The fraction of sp³-hybridized carbons (Fsp3) is 0.900. The Hall–Kier alpha value is -0.795. The number of hydrogen-bond donors (Lipinski definition) is 0. The highest BCUT2D eigenvalue weighted by Crippen LogP contribution is 2.44. The largest absolute Gasteiger partial charge is 0.277 e. The molecule has 0 saturated carbocycles. The minimum atomic E-state index is -0.450. The number of unbranched alkanes of at least 4 members (excludes halogenated alkanes) is 3. The van der Waals surface area contributed by atoms with Crippen LogP contribution in [0, 0.1) is 11.8 Å². The van der Waals surface area contributed by atoms with Crippen LogP contribution in [0.25, 0.3) is 0 Å². The van der Waals surface area contributed by atoms with Crippen molar-refractivity contribution in [3.63, 3.8) is 0 Å². The smallest absolute Gasteiger partial charge is 0.233 e. The molecule has 1 aliphatic heterocycles. The highest BCUT2D eigenvalue weighted by atomic mass is 16.2. The summed E-state index contributed by atoms with van der Waals surface area (Å²) in [6.07, 6.45) is 8.55.